The highest BCUT2D eigenvalue weighted by atomic mass is 35.5. The molecule has 0 amide bonds. The molecule has 0 aliphatic rings. The second-order valence-corrected chi connectivity index (χ2v) is 3.77. The maximum absolute atomic E-state index is 6.03. The molecule has 0 radical (unpaired) electrons. The molecule has 2 nitrogen and oxygen atoms in total. The van der Waals surface area contributed by atoms with Gasteiger partial charge in [-0.1, -0.05) is 29.3 Å². The number of H-pyrrole nitrogens is 1. The Bertz CT molecular complexity index is 403. The number of nitrogens with one attached hydrogen (secondary N) is 1. The van der Waals surface area contributed by atoms with Gasteiger partial charge in [0.15, 0.2) is 0 Å². The van der Waals surface area contributed by atoms with Crippen molar-refractivity contribution in [3.05, 3.63) is 52.0 Å². The van der Waals surface area contributed by atoms with Crippen LogP contribution in [-0.2, 0) is 6.42 Å². The van der Waals surface area contributed by atoms with Gasteiger partial charge in [0, 0.05) is 28.4 Å². The highest BCUT2D eigenvalue weighted by Crippen LogP contribution is 2.25. The fourth-order valence-corrected chi connectivity index (χ4v) is 1.80. The Labute approximate surface area is 91.9 Å². The summed E-state index contributed by atoms with van der Waals surface area (Å²) in [7, 11) is 0. The summed E-state index contributed by atoms with van der Waals surface area (Å²) >= 11 is 12.1. The van der Waals surface area contributed by atoms with Crippen LogP contribution in [0.1, 0.15) is 11.3 Å². The summed E-state index contributed by atoms with van der Waals surface area (Å²) in [5.74, 6) is 0. The van der Waals surface area contributed by atoms with Gasteiger partial charge >= 0.3 is 0 Å². The molecular weight excluding hydrogens is 219 g/mol. The van der Waals surface area contributed by atoms with Crippen molar-refractivity contribution in [3.63, 3.8) is 0 Å². The van der Waals surface area contributed by atoms with Crippen LogP contribution in [0.15, 0.2) is 30.7 Å². The van der Waals surface area contributed by atoms with Crippen molar-refractivity contribution in [2.75, 3.05) is 0 Å². The highest BCUT2D eigenvalue weighted by Gasteiger charge is 2.06. The van der Waals surface area contributed by atoms with Crippen LogP contribution in [0.2, 0.25) is 10.0 Å². The summed E-state index contributed by atoms with van der Waals surface area (Å²) in [6, 6.07) is 5.50. The zero-order chi connectivity index (χ0) is 9.97. The molecule has 0 aliphatic carbocycles. The van der Waals surface area contributed by atoms with E-state index in [2.05, 4.69) is 9.97 Å². The fourth-order valence-electron chi connectivity index (χ4n) is 1.27. The first-order valence-electron chi connectivity index (χ1n) is 4.17. The van der Waals surface area contributed by atoms with Crippen LogP contribution in [0.25, 0.3) is 0 Å². The Morgan fingerprint density at radius 2 is 1.93 bits per heavy atom. The van der Waals surface area contributed by atoms with E-state index in [-0.39, 0.29) is 0 Å². The molecule has 0 atom stereocenters. The minimum absolute atomic E-state index is 0.679. The lowest BCUT2D eigenvalue weighted by Gasteiger charge is -2.04. The van der Waals surface area contributed by atoms with Gasteiger partial charge in [0.25, 0.3) is 0 Å². The Kier molecular flexibility index (Phi) is 2.75. The molecule has 1 N–H and O–H groups in total. The van der Waals surface area contributed by atoms with Gasteiger partial charge < -0.3 is 4.98 Å². The molecule has 4 heteroatoms. The van der Waals surface area contributed by atoms with E-state index >= 15 is 0 Å². The normalized spacial score (nSPS) is 10.4. The van der Waals surface area contributed by atoms with E-state index in [9.17, 15) is 0 Å². The maximum atomic E-state index is 6.03. The third-order valence-electron chi connectivity index (χ3n) is 1.98. The van der Waals surface area contributed by atoms with Crippen LogP contribution in [-0.4, -0.2) is 9.97 Å². The molecule has 0 fully saturated rings. The molecule has 72 valence electrons. The minimum Gasteiger partial charge on any atom is -0.348 e. The molecule has 14 heavy (non-hydrogen) atoms. The Balaban J connectivity index is 2.33. The average Bonchev–Trinajstić information content (AvgIpc) is 2.64. The molecule has 0 saturated heterocycles. The van der Waals surface area contributed by atoms with Crippen molar-refractivity contribution in [3.8, 4) is 0 Å². The van der Waals surface area contributed by atoms with Gasteiger partial charge in [-0.3, -0.25) is 0 Å². The summed E-state index contributed by atoms with van der Waals surface area (Å²) in [5, 5.41) is 1.37. The van der Waals surface area contributed by atoms with E-state index in [4.69, 9.17) is 23.2 Å². The van der Waals surface area contributed by atoms with Gasteiger partial charge in [0.05, 0.1) is 6.33 Å². The molecule has 2 aromatic rings. The average molecular weight is 227 g/mol. The molecule has 0 saturated carbocycles. The number of hydrogen-bond acceptors (Lipinski definition) is 1. The van der Waals surface area contributed by atoms with Crippen molar-refractivity contribution >= 4 is 23.2 Å². The first-order valence-corrected chi connectivity index (χ1v) is 4.93. The molecule has 0 spiro atoms. The largest absolute Gasteiger partial charge is 0.348 e. The summed E-state index contributed by atoms with van der Waals surface area (Å²) in [6.07, 6.45) is 4.08. The number of aromatic nitrogens is 2. The highest BCUT2D eigenvalue weighted by molar-refractivity contribution is 6.36. The topological polar surface area (TPSA) is 28.7 Å². The third-order valence-corrected chi connectivity index (χ3v) is 2.69. The molecule has 0 aliphatic heterocycles. The van der Waals surface area contributed by atoms with Gasteiger partial charge in [-0.25, -0.2) is 4.98 Å². The number of nitrogens with zero attached hydrogens (tertiary/aromatic N) is 1. The molecular formula is C10H8Cl2N2. The van der Waals surface area contributed by atoms with E-state index < -0.39 is 0 Å². The SMILES string of the molecule is Clc1cccc(Cl)c1Cc1cnc[nH]1. The Morgan fingerprint density at radius 3 is 2.50 bits per heavy atom. The molecule has 1 aromatic heterocycles. The predicted octanol–water partition coefficient (Wildman–Crippen LogP) is 3.31. The lowest BCUT2D eigenvalue weighted by Crippen LogP contribution is -1.90. The zero-order valence-corrected chi connectivity index (χ0v) is 8.81. The molecule has 0 unspecified atom stereocenters. The van der Waals surface area contributed by atoms with Gasteiger partial charge in [-0.2, -0.15) is 0 Å². The van der Waals surface area contributed by atoms with Crippen LogP contribution in [0.3, 0.4) is 0 Å². The van der Waals surface area contributed by atoms with Crippen molar-refractivity contribution in [2.24, 2.45) is 0 Å². The van der Waals surface area contributed by atoms with Crippen LogP contribution in [0, 0.1) is 0 Å². The van der Waals surface area contributed by atoms with Crippen molar-refractivity contribution in [1.29, 1.82) is 0 Å². The van der Waals surface area contributed by atoms with E-state index in [1.54, 1.807) is 12.5 Å². The standard InChI is InChI=1S/C10H8Cl2N2/c11-9-2-1-3-10(12)8(9)4-7-5-13-6-14-7/h1-3,5-6H,4H2,(H,13,14). The van der Waals surface area contributed by atoms with Crippen molar-refractivity contribution < 1.29 is 0 Å². The van der Waals surface area contributed by atoms with Crippen LogP contribution in [0.4, 0.5) is 0 Å². The lowest BCUT2D eigenvalue weighted by molar-refractivity contribution is 1.11. The number of hydrogen-bond donors (Lipinski definition) is 1. The molecule has 0 bridgehead atoms. The van der Waals surface area contributed by atoms with Gasteiger partial charge in [-0.05, 0) is 17.7 Å². The number of aromatic amines is 1. The van der Waals surface area contributed by atoms with Crippen molar-refractivity contribution in [2.45, 2.75) is 6.42 Å². The first kappa shape index (κ1) is 9.56. The predicted molar refractivity (Wildman–Crippen MR) is 57.9 cm³/mol. The maximum Gasteiger partial charge on any atom is 0.0921 e. The number of benzene rings is 1. The summed E-state index contributed by atoms with van der Waals surface area (Å²) in [4.78, 5) is 6.95. The lowest BCUT2D eigenvalue weighted by atomic mass is 10.1. The van der Waals surface area contributed by atoms with Crippen LogP contribution < -0.4 is 0 Å². The third kappa shape index (κ3) is 1.91. The summed E-state index contributed by atoms with van der Waals surface area (Å²) in [5.41, 5.74) is 1.93. The molecule has 2 rings (SSSR count). The van der Waals surface area contributed by atoms with E-state index in [0.717, 1.165) is 11.3 Å². The zero-order valence-electron chi connectivity index (χ0n) is 7.30. The van der Waals surface area contributed by atoms with Crippen LogP contribution >= 0.6 is 23.2 Å². The number of imidazole rings is 1. The van der Waals surface area contributed by atoms with Crippen LogP contribution in [0.5, 0.6) is 0 Å². The second kappa shape index (κ2) is 4.03. The molecule has 1 heterocycles. The smallest absolute Gasteiger partial charge is 0.0921 e. The Hall–Kier alpha value is -0.990. The monoisotopic (exact) mass is 226 g/mol. The quantitative estimate of drug-likeness (QED) is 0.837. The Morgan fingerprint density at radius 1 is 1.21 bits per heavy atom. The second-order valence-electron chi connectivity index (χ2n) is 2.95. The van der Waals surface area contributed by atoms with Gasteiger partial charge in [0.1, 0.15) is 0 Å². The molecule has 1 aromatic carbocycles. The van der Waals surface area contributed by atoms with Gasteiger partial charge in [0.2, 0.25) is 0 Å². The van der Waals surface area contributed by atoms with E-state index in [0.29, 0.717) is 16.5 Å². The fraction of sp³-hybridized carbons (Fsp3) is 0.100. The first-order chi connectivity index (χ1) is 6.77. The number of rotatable bonds is 2. The van der Waals surface area contributed by atoms with Crippen molar-refractivity contribution in [1.82, 2.24) is 9.97 Å². The minimum atomic E-state index is 0.679. The van der Waals surface area contributed by atoms with E-state index in [1.165, 1.54) is 0 Å². The number of halogens is 2. The van der Waals surface area contributed by atoms with E-state index in [1.807, 2.05) is 18.2 Å². The summed E-state index contributed by atoms with van der Waals surface area (Å²) < 4.78 is 0. The van der Waals surface area contributed by atoms with Gasteiger partial charge in [-0.15, -0.1) is 0 Å². The summed E-state index contributed by atoms with van der Waals surface area (Å²) in [6.45, 7) is 0.